The molecule has 0 radical (unpaired) electrons. The fourth-order valence-corrected chi connectivity index (χ4v) is 10.6. The number of hydrogen-bond acceptors (Lipinski definition) is 15. The number of nitrogens with one attached hydrogen (secondary N) is 3. The van der Waals surface area contributed by atoms with Crippen LogP contribution in [0.15, 0.2) is 63.1 Å². The van der Waals surface area contributed by atoms with Crippen LogP contribution in [-0.4, -0.2) is 139 Å². The van der Waals surface area contributed by atoms with E-state index in [1.54, 1.807) is 43.7 Å². The molecule has 0 saturated carbocycles. The molecule has 3 aliphatic rings. The van der Waals surface area contributed by atoms with Crippen LogP contribution in [0.5, 0.6) is 5.88 Å². The summed E-state index contributed by atoms with van der Waals surface area (Å²) in [6.45, 7) is 14.5. The first-order valence-electron chi connectivity index (χ1n) is 24.4. The van der Waals surface area contributed by atoms with Gasteiger partial charge in [-0.3, -0.25) is 24.0 Å². The predicted octanol–water partition coefficient (Wildman–Crippen LogP) is 5.43. The van der Waals surface area contributed by atoms with Crippen LogP contribution < -0.4 is 20.7 Å². The van der Waals surface area contributed by atoms with Crippen LogP contribution in [-0.2, 0) is 23.9 Å². The number of benzene rings is 2. The number of thiazole rings is 1. The van der Waals surface area contributed by atoms with E-state index in [9.17, 15) is 33.9 Å². The van der Waals surface area contributed by atoms with Crippen molar-refractivity contribution in [3.63, 3.8) is 0 Å². The third-order valence-electron chi connectivity index (χ3n) is 13.3. The number of rotatable bonds is 14. The topological polar surface area (TPSA) is 252 Å². The third-order valence-corrected chi connectivity index (χ3v) is 14.3. The minimum atomic E-state index is -1.25. The van der Waals surface area contributed by atoms with E-state index in [-0.39, 0.29) is 74.4 Å². The Morgan fingerprint density at radius 3 is 2.40 bits per heavy atom. The number of aliphatic hydroxyl groups excluding tert-OH is 1. The zero-order valence-corrected chi connectivity index (χ0v) is 42.6. The second-order valence-corrected chi connectivity index (χ2v) is 21.1. The number of carbonyl (C=O) groups is 6. The van der Waals surface area contributed by atoms with Crippen LogP contribution in [0, 0.1) is 19.8 Å². The summed E-state index contributed by atoms with van der Waals surface area (Å²) in [7, 11) is 0. The van der Waals surface area contributed by atoms with Gasteiger partial charge in [0.2, 0.25) is 23.6 Å². The summed E-state index contributed by atoms with van der Waals surface area (Å²) in [5.74, 6) is -3.05. The number of alkyl carbamates (subject to hydrolysis) is 1. The minimum Gasteiger partial charge on any atom is -0.474 e. The summed E-state index contributed by atoms with van der Waals surface area (Å²) in [5, 5.41) is 27.9. The molecule has 6 amide bonds. The molecule has 0 spiro atoms. The zero-order chi connectivity index (χ0) is 51.6. The molecule has 5 aromatic rings. The van der Waals surface area contributed by atoms with Crippen LogP contribution in [0.3, 0.4) is 0 Å². The number of aromatic nitrogens is 3. The van der Waals surface area contributed by atoms with Crippen molar-refractivity contribution in [2.45, 2.75) is 129 Å². The molecule has 4 N–H and O–H groups in total. The molecule has 3 aromatic heterocycles. The summed E-state index contributed by atoms with van der Waals surface area (Å²) < 4.78 is 22.4. The van der Waals surface area contributed by atoms with Gasteiger partial charge in [0, 0.05) is 31.6 Å². The molecule has 21 heteroatoms. The van der Waals surface area contributed by atoms with Crippen molar-refractivity contribution < 1.29 is 52.4 Å². The summed E-state index contributed by atoms with van der Waals surface area (Å²) in [6, 6.07) is 11.0. The van der Waals surface area contributed by atoms with Crippen molar-refractivity contribution in [1.82, 2.24) is 45.9 Å². The zero-order valence-electron chi connectivity index (χ0n) is 41.8. The Morgan fingerprint density at radius 2 is 1.69 bits per heavy atom. The number of fused-ring (bicyclic) bond motifs is 2. The average molecular weight is 1010 g/mol. The molecule has 20 nitrogen and oxygen atoms in total. The Morgan fingerprint density at radius 1 is 0.931 bits per heavy atom. The normalized spacial score (nSPS) is 21.2. The molecule has 384 valence electrons. The lowest BCUT2D eigenvalue weighted by molar-refractivity contribution is -0.143. The summed E-state index contributed by atoms with van der Waals surface area (Å²) in [4.78, 5) is 93.3. The Hall–Kier alpha value is -6.87. The van der Waals surface area contributed by atoms with Gasteiger partial charge in [0.1, 0.15) is 36.3 Å². The molecule has 6 heterocycles. The molecule has 3 saturated heterocycles. The first-order chi connectivity index (χ1) is 34.3. The lowest BCUT2D eigenvalue weighted by Gasteiger charge is -2.38. The molecule has 3 aliphatic heterocycles. The van der Waals surface area contributed by atoms with E-state index in [0.29, 0.717) is 30.2 Å². The van der Waals surface area contributed by atoms with Crippen molar-refractivity contribution in [3.8, 4) is 16.3 Å². The van der Waals surface area contributed by atoms with Gasteiger partial charge in [-0.15, -0.1) is 11.3 Å². The minimum absolute atomic E-state index is 0.0282. The van der Waals surface area contributed by atoms with Crippen molar-refractivity contribution in [2.75, 3.05) is 32.8 Å². The van der Waals surface area contributed by atoms with Gasteiger partial charge in [0.25, 0.3) is 11.8 Å². The van der Waals surface area contributed by atoms with Gasteiger partial charge in [-0.2, -0.15) is 0 Å². The van der Waals surface area contributed by atoms with Gasteiger partial charge < -0.3 is 54.3 Å². The maximum Gasteiger partial charge on any atom is 0.408 e. The highest BCUT2D eigenvalue weighted by Crippen LogP contribution is 2.34. The maximum absolute atomic E-state index is 14.5. The Labute approximate surface area is 421 Å². The van der Waals surface area contributed by atoms with Crippen LogP contribution in [0.1, 0.15) is 112 Å². The number of β-amino-alcohol motifs (C(OH)–C–C–N with tert-alkyl or cyclic N) is 1. The smallest absolute Gasteiger partial charge is 0.408 e. The molecular formula is C51H63N9O11S. The maximum atomic E-state index is 14.5. The van der Waals surface area contributed by atoms with Crippen LogP contribution in [0.25, 0.3) is 21.4 Å². The second-order valence-electron chi connectivity index (χ2n) is 20.2. The van der Waals surface area contributed by atoms with Crippen LogP contribution in [0.2, 0.25) is 0 Å². The van der Waals surface area contributed by atoms with Gasteiger partial charge in [-0.05, 0) is 95.1 Å². The molecule has 0 aliphatic carbocycles. The first kappa shape index (κ1) is 51.5. The highest BCUT2D eigenvalue weighted by atomic mass is 32.1. The van der Waals surface area contributed by atoms with Crippen molar-refractivity contribution in [3.05, 3.63) is 82.3 Å². The number of likely N-dealkylation sites (tertiary alicyclic amines) is 1. The number of ether oxygens (including phenoxy) is 2. The Bertz CT molecular complexity index is 2800. The van der Waals surface area contributed by atoms with Crippen LogP contribution >= 0.6 is 11.3 Å². The SMILES string of the molecule is Cc1ccc2onc(C(=O)N3CC[C@H]4CC[C@@H](C(=O)NCCOc5cc(C(C(=O)N6C[C@H](O)C[C@H]6C(=O)N[C@H](C)c6ccc(-c7scnc7C)cc6)C(C)C)on5)N4C(=O)[C@@H](NC(=O)OC(C)(C)C)C3)c2c1. The van der Waals surface area contributed by atoms with E-state index >= 15 is 0 Å². The fourth-order valence-electron chi connectivity index (χ4n) is 9.78. The molecule has 3 fully saturated rings. The molecule has 0 bridgehead atoms. The van der Waals surface area contributed by atoms with E-state index in [4.69, 9.17) is 18.5 Å². The van der Waals surface area contributed by atoms with E-state index in [1.165, 1.54) is 20.8 Å². The van der Waals surface area contributed by atoms with E-state index in [2.05, 4.69) is 31.2 Å². The number of aliphatic hydroxyl groups is 1. The molecule has 2 aromatic carbocycles. The molecular weight excluding hydrogens is 947 g/mol. The van der Waals surface area contributed by atoms with Gasteiger partial charge in [-0.25, -0.2) is 9.78 Å². The number of amides is 6. The van der Waals surface area contributed by atoms with Gasteiger partial charge in [-0.1, -0.05) is 54.9 Å². The van der Waals surface area contributed by atoms with Crippen molar-refractivity contribution in [2.24, 2.45) is 5.92 Å². The highest BCUT2D eigenvalue weighted by molar-refractivity contribution is 7.13. The quantitative estimate of drug-likeness (QED) is 0.101. The Kier molecular flexibility index (Phi) is 15.3. The van der Waals surface area contributed by atoms with E-state index in [0.717, 1.165) is 27.3 Å². The van der Waals surface area contributed by atoms with Gasteiger partial charge in [0.15, 0.2) is 17.0 Å². The lowest BCUT2D eigenvalue weighted by atomic mass is 9.91. The predicted molar refractivity (Wildman–Crippen MR) is 264 cm³/mol. The fraction of sp³-hybridized carbons (Fsp3) is 0.510. The van der Waals surface area contributed by atoms with Gasteiger partial charge in [0.05, 0.1) is 46.7 Å². The number of hydrogen-bond donors (Lipinski definition) is 4. The number of aryl methyl sites for hydroxylation is 2. The standard InChI is InChI=1S/C51H63N9O11S/c1-27(2)42(48(65)59-24-34(61)22-38(59)46(63)54-29(4)31-10-12-32(13-11-31)44-30(5)53-26-72-44)40-23-41(56-71-40)68-20-18-52-45(62)37-15-14-33-17-19-58(49(66)43-35-21-28(3)9-16-39(35)70-57-43)25-36(47(64)60(33)37)55-50(67)69-51(6,7)8/h9-13,16,21,23,26-27,29,33-34,36-38,42,61H,14-15,17-20,22,24-25H2,1-8H3,(H,52,62)(H,54,63)(H,55,67)/t29-,33-,34-,36+,37+,38+,42?/m1/s1. The molecule has 7 atom stereocenters. The summed E-state index contributed by atoms with van der Waals surface area (Å²) in [5.41, 5.74) is 5.25. The second kappa shape index (κ2) is 21.5. The number of nitrogens with zero attached hydrogens (tertiary/aromatic N) is 6. The lowest BCUT2D eigenvalue weighted by Crippen LogP contribution is -2.61. The van der Waals surface area contributed by atoms with Crippen molar-refractivity contribution >= 4 is 57.9 Å². The number of carbonyl (C=O) groups excluding carboxylic acids is 6. The summed E-state index contributed by atoms with van der Waals surface area (Å²) >= 11 is 1.56. The largest absolute Gasteiger partial charge is 0.474 e. The van der Waals surface area contributed by atoms with E-state index in [1.807, 2.05) is 71.0 Å². The highest BCUT2D eigenvalue weighted by Gasteiger charge is 2.47. The van der Waals surface area contributed by atoms with Crippen molar-refractivity contribution in [1.29, 1.82) is 0 Å². The van der Waals surface area contributed by atoms with Crippen LogP contribution in [0.4, 0.5) is 4.79 Å². The third kappa shape index (κ3) is 11.4. The average Bonchev–Trinajstić information content (AvgIpc) is 4.19. The summed E-state index contributed by atoms with van der Waals surface area (Å²) in [6.07, 6.45) is -0.466. The monoisotopic (exact) mass is 1010 g/mol. The first-order valence-corrected chi connectivity index (χ1v) is 25.3. The van der Waals surface area contributed by atoms with E-state index < -0.39 is 71.5 Å². The van der Waals surface area contributed by atoms with Gasteiger partial charge >= 0.3 is 6.09 Å². The molecule has 72 heavy (non-hydrogen) atoms. The molecule has 1 unspecified atom stereocenters. The Balaban J connectivity index is 0.871. The molecule has 8 rings (SSSR count).